The number of hydrogen-bond donors (Lipinski definition) is 3. The summed E-state index contributed by atoms with van der Waals surface area (Å²) in [5, 5.41) is 11.0. The summed E-state index contributed by atoms with van der Waals surface area (Å²) in [6, 6.07) is 7.57. The van der Waals surface area contributed by atoms with Gasteiger partial charge in [-0.15, -0.1) is 0 Å². The molecule has 0 spiro atoms. The lowest BCUT2D eigenvalue weighted by molar-refractivity contribution is 0.0955. The highest BCUT2D eigenvalue weighted by Gasteiger charge is 2.15. The maximum Gasteiger partial charge on any atom is 0.253 e. The molecule has 0 saturated carbocycles. The summed E-state index contributed by atoms with van der Waals surface area (Å²) >= 11 is 0. The molecule has 2 aromatic heterocycles. The normalized spacial score (nSPS) is 11.5. The number of halogens is 1. The Morgan fingerprint density at radius 2 is 2.03 bits per heavy atom. The van der Waals surface area contributed by atoms with Gasteiger partial charge in [-0.2, -0.15) is 0 Å². The van der Waals surface area contributed by atoms with Crippen molar-refractivity contribution in [2.24, 2.45) is 0 Å². The maximum absolute atomic E-state index is 13.2. The number of carbonyl (C=O) groups excluding carboxylic acids is 1. The number of carbonyl (C=O) groups is 1. The molecule has 0 atom stereocenters. The van der Waals surface area contributed by atoms with E-state index in [9.17, 15) is 9.18 Å². The van der Waals surface area contributed by atoms with Gasteiger partial charge in [0.05, 0.1) is 11.1 Å². The van der Waals surface area contributed by atoms with E-state index in [-0.39, 0.29) is 11.7 Å². The van der Waals surface area contributed by atoms with Crippen LogP contribution in [0.5, 0.6) is 0 Å². The second-order valence-electron chi connectivity index (χ2n) is 6.81. The SMILES string of the molecule is C=C/C=C(/CCNC(=O)c1ccnc2nc(-c3ccc(F)cc3)[nH]c12)C(=N)CCC. The molecule has 7 heteroatoms. The molecule has 0 saturated heterocycles. The number of imidazole rings is 1. The lowest BCUT2D eigenvalue weighted by atomic mass is 10.0. The van der Waals surface area contributed by atoms with Crippen LogP contribution in [0.4, 0.5) is 4.39 Å². The average Bonchev–Trinajstić information content (AvgIpc) is 3.18. The molecule has 0 radical (unpaired) electrons. The number of amides is 1. The van der Waals surface area contributed by atoms with Crippen LogP contribution in [0.15, 0.2) is 60.8 Å². The Kier molecular flexibility index (Phi) is 6.85. The summed E-state index contributed by atoms with van der Waals surface area (Å²) in [5.41, 5.74) is 3.50. The van der Waals surface area contributed by atoms with Crippen LogP contribution in [0.25, 0.3) is 22.6 Å². The van der Waals surface area contributed by atoms with Crippen molar-refractivity contribution in [2.45, 2.75) is 26.2 Å². The molecule has 3 N–H and O–H groups in total. The van der Waals surface area contributed by atoms with Crippen LogP contribution in [0, 0.1) is 11.2 Å². The first-order valence-corrected chi connectivity index (χ1v) is 9.81. The Hall–Kier alpha value is -3.61. The molecule has 30 heavy (non-hydrogen) atoms. The predicted octanol–water partition coefficient (Wildman–Crippen LogP) is 4.82. The van der Waals surface area contributed by atoms with Gasteiger partial charge >= 0.3 is 0 Å². The Balaban J connectivity index is 1.75. The van der Waals surface area contributed by atoms with Gasteiger partial charge in [0.25, 0.3) is 5.91 Å². The van der Waals surface area contributed by atoms with Gasteiger partial charge in [0, 0.05) is 24.0 Å². The van der Waals surface area contributed by atoms with Crippen molar-refractivity contribution in [3.8, 4) is 11.4 Å². The second kappa shape index (κ2) is 9.73. The van der Waals surface area contributed by atoms with Gasteiger partial charge in [-0.05, 0) is 48.7 Å². The van der Waals surface area contributed by atoms with Gasteiger partial charge in [0.15, 0.2) is 5.65 Å². The van der Waals surface area contributed by atoms with Crippen LogP contribution in [-0.4, -0.2) is 33.1 Å². The van der Waals surface area contributed by atoms with Crippen molar-refractivity contribution in [1.29, 1.82) is 5.41 Å². The molecule has 0 aliphatic heterocycles. The van der Waals surface area contributed by atoms with Gasteiger partial charge in [-0.1, -0.05) is 32.1 Å². The van der Waals surface area contributed by atoms with Crippen LogP contribution >= 0.6 is 0 Å². The number of aromatic amines is 1. The molecule has 3 rings (SSSR count). The molecule has 3 aromatic rings. The van der Waals surface area contributed by atoms with Crippen LogP contribution in [0.2, 0.25) is 0 Å². The van der Waals surface area contributed by atoms with Crippen molar-refractivity contribution in [2.75, 3.05) is 6.54 Å². The third-order valence-corrected chi connectivity index (χ3v) is 4.64. The van der Waals surface area contributed by atoms with Gasteiger partial charge < -0.3 is 15.7 Å². The first-order chi connectivity index (χ1) is 14.5. The molecule has 2 heterocycles. The Bertz CT molecular complexity index is 1100. The van der Waals surface area contributed by atoms with Crippen LogP contribution < -0.4 is 5.32 Å². The highest BCUT2D eigenvalue weighted by atomic mass is 19.1. The van der Waals surface area contributed by atoms with E-state index in [0.29, 0.717) is 53.2 Å². The topological polar surface area (TPSA) is 94.5 Å². The fourth-order valence-corrected chi connectivity index (χ4v) is 3.14. The smallest absolute Gasteiger partial charge is 0.253 e. The number of rotatable bonds is 9. The van der Waals surface area contributed by atoms with Crippen molar-refractivity contribution in [3.05, 3.63) is 72.2 Å². The summed E-state index contributed by atoms with van der Waals surface area (Å²) in [4.78, 5) is 24.5. The van der Waals surface area contributed by atoms with Gasteiger partial charge in [-0.3, -0.25) is 4.79 Å². The van der Waals surface area contributed by atoms with Crippen LogP contribution in [0.3, 0.4) is 0 Å². The van der Waals surface area contributed by atoms with E-state index >= 15 is 0 Å². The van der Waals surface area contributed by atoms with Crippen molar-refractivity contribution in [1.82, 2.24) is 20.3 Å². The van der Waals surface area contributed by atoms with E-state index in [1.54, 1.807) is 24.3 Å². The summed E-state index contributed by atoms with van der Waals surface area (Å²) < 4.78 is 13.2. The first kappa shape index (κ1) is 21.1. The number of benzene rings is 1. The molecule has 1 aromatic carbocycles. The summed E-state index contributed by atoms with van der Waals surface area (Å²) in [5.74, 6) is -0.0661. The van der Waals surface area contributed by atoms with Crippen molar-refractivity contribution < 1.29 is 9.18 Å². The Morgan fingerprint density at radius 3 is 2.73 bits per heavy atom. The van der Waals surface area contributed by atoms with E-state index in [1.807, 2.05) is 13.0 Å². The number of pyridine rings is 1. The minimum atomic E-state index is -0.329. The zero-order chi connectivity index (χ0) is 21.5. The number of allylic oxidation sites excluding steroid dienone is 2. The first-order valence-electron chi connectivity index (χ1n) is 9.81. The summed E-state index contributed by atoms with van der Waals surface area (Å²) in [7, 11) is 0. The lowest BCUT2D eigenvalue weighted by Gasteiger charge is -2.10. The zero-order valence-electron chi connectivity index (χ0n) is 16.8. The highest BCUT2D eigenvalue weighted by Crippen LogP contribution is 2.22. The third kappa shape index (κ3) is 4.86. The van der Waals surface area contributed by atoms with Crippen molar-refractivity contribution in [3.63, 3.8) is 0 Å². The molecular formula is C23H24FN5O. The van der Waals surface area contributed by atoms with Gasteiger partial charge in [0.2, 0.25) is 0 Å². The number of aromatic nitrogens is 3. The van der Waals surface area contributed by atoms with E-state index in [4.69, 9.17) is 5.41 Å². The number of nitrogens with one attached hydrogen (secondary N) is 3. The van der Waals surface area contributed by atoms with Gasteiger partial charge in [-0.25, -0.2) is 14.4 Å². The molecule has 0 unspecified atom stereocenters. The molecule has 1 amide bonds. The molecule has 0 aliphatic rings. The van der Waals surface area contributed by atoms with Crippen molar-refractivity contribution >= 4 is 22.8 Å². The summed E-state index contributed by atoms with van der Waals surface area (Å²) in [6.07, 6.45) is 7.15. The predicted molar refractivity (Wildman–Crippen MR) is 117 cm³/mol. The van der Waals surface area contributed by atoms with E-state index < -0.39 is 0 Å². The fourth-order valence-electron chi connectivity index (χ4n) is 3.14. The fraction of sp³-hybridized carbons (Fsp3) is 0.217. The Morgan fingerprint density at radius 1 is 1.27 bits per heavy atom. The molecular weight excluding hydrogens is 381 g/mol. The monoisotopic (exact) mass is 405 g/mol. The standard InChI is InChI=1S/C23H24FN5O/c1-3-5-15(19(25)6-4-2)11-13-27-23(30)18-12-14-26-22-20(18)28-21(29-22)16-7-9-17(24)10-8-16/h3,5,7-10,12,14,25H,1,4,6,11,13H2,2H3,(H,27,30)(H,26,28,29)/b15-5-,25-19?. The third-order valence-electron chi connectivity index (χ3n) is 4.64. The van der Waals surface area contributed by atoms with E-state index in [1.165, 1.54) is 18.3 Å². The van der Waals surface area contributed by atoms with Crippen LogP contribution in [0.1, 0.15) is 36.5 Å². The second-order valence-corrected chi connectivity index (χ2v) is 6.81. The Labute approximate surface area is 174 Å². The maximum atomic E-state index is 13.2. The quantitative estimate of drug-likeness (QED) is 0.352. The zero-order valence-corrected chi connectivity index (χ0v) is 16.8. The largest absolute Gasteiger partial charge is 0.352 e. The lowest BCUT2D eigenvalue weighted by Crippen LogP contribution is -2.25. The average molecular weight is 405 g/mol. The van der Waals surface area contributed by atoms with E-state index in [2.05, 4.69) is 26.8 Å². The van der Waals surface area contributed by atoms with Gasteiger partial charge in [0.1, 0.15) is 11.6 Å². The molecule has 0 aliphatic carbocycles. The molecule has 0 fully saturated rings. The minimum absolute atomic E-state index is 0.253. The molecule has 0 bridgehead atoms. The van der Waals surface area contributed by atoms with E-state index in [0.717, 1.165) is 12.0 Å². The molecule has 154 valence electrons. The minimum Gasteiger partial charge on any atom is -0.352 e. The highest BCUT2D eigenvalue weighted by molar-refractivity contribution is 6.04. The number of nitrogens with zero attached hydrogens (tertiary/aromatic N) is 2. The molecule has 6 nitrogen and oxygen atoms in total. The number of fused-ring (bicyclic) bond motifs is 1. The summed E-state index contributed by atoms with van der Waals surface area (Å²) in [6.45, 7) is 6.13. The number of hydrogen-bond acceptors (Lipinski definition) is 4. The van der Waals surface area contributed by atoms with Crippen LogP contribution in [-0.2, 0) is 0 Å². The number of H-pyrrole nitrogens is 1.